The molecule has 4 nitrogen and oxygen atoms in total. The van der Waals surface area contributed by atoms with E-state index >= 15 is 0 Å². The van der Waals surface area contributed by atoms with Crippen molar-refractivity contribution in [1.29, 1.82) is 5.26 Å². The minimum absolute atomic E-state index is 0.0000705. The lowest BCUT2D eigenvalue weighted by Gasteiger charge is -2.18. The van der Waals surface area contributed by atoms with Crippen molar-refractivity contribution in [3.05, 3.63) is 53.7 Å². The van der Waals surface area contributed by atoms with Gasteiger partial charge in [-0.3, -0.25) is 4.79 Å². The molecule has 1 heterocycles. The average Bonchev–Trinajstić information content (AvgIpc) is 2.46. The molecular weight excluding hydrogens is 238 g/mol. The van der Waals surface area contributed by atoms with Gasteiger partial charge in [0.05, 0.1) is 11.6 Å². The Bertz CT molecular complexity index is 624. The number of nitriles is 1. The summed E-state index contributed by atoms with van der Waals surface area (Å²) < 4.78 is 0. The third-order valence-corrected chi connectivity index (χ3v) is 2.88. The molecular formula is C15H13N3O. The van der Waals surface area contributed by atoms with Crippen LogP contribution in [0.2, 0.25) is 0 Å². The van der Waals surface area contributed by atoms with Crippen LogP contribution in [0.3, 0.4) is 0 Å². The van der Waals surface area contributed by atoms with Gasteiger partial charge in [-0.05, 0) is 43.3 Å². The minimum Gasteiger partial charge on any atom is -0.329 e. The molecule has 0 unspecified atom stereocenters. The van der Waals surface area contributed by atoms with Gasteiger partial charge in [0.2, 0.25) is 0 Å². The molecule has 0 aliphatic rings. The second-order valence-electron chi connectivity index (χ2n) is 4.18. The number of carbonyl (C=O) groups is 1. The van der Waals surface area contributed by atoms with Gasteiger partial charge >= 0.3 is 0 Å². The highest BCUT2D eigenvalue weighted by Gasteiger charge is 2.06. The zero-order chi connectivity index (χ0) is 13.8. The summed E-state index contributed by atoms with van der Waals surface area (Å²) in [7, 11) is 1.89. The van der Waals surface area contributed by atoms with Gasteiger partial charge in [-0.2, -0.15) is 5.26 Å². The highest BCUT2D eigenvalue weighted by molar-refractivity contribution is 5.93. The lowest BCUT2D eigenvalue weighted by atomic mass is 10.2. The third kappa shape index (κ3) is 2.78. The smallest absolute Gasteiger partial charge is 0.161 e. The molecule has 0 saturated heterocycles. The number of rotatable bonds is 3. The van der Waals surface area contributed by atoms with Crippen LogP contribution in [-0.2, 0) is 0 Å². The van der Waals surface area contributed by atoms with Crippen LogP contribution in [0.1, 0.15) is 22.8 Å². The fourth-order valence-corrected chi connectivity index (χ4v) is 1.68. The van der Waals surface area contributed by atoms with E-state index in [1.807, 2.05) is 24.1 Å². The Labute approximate surface area is 111 Å². The number of carbonyl (C=O) groups excluding carboxylic acids is 1. The first-order chi connectivity index (χ1) is 9.11. The quantitative estimate of drug-likeness (QED) is 0.787. The summed E-state index contributed by atoms with van der Waals surface area (Å²) in [4.78, 5) is 17.3. The van der Waals surface area contributed by atoms with Crippen molar-refractivity contribution in [2.45, 2.75) is 6.92 Å². The summed E-state index contributed by atoms with van der Waals surface area (Å²) >= 11 is 0. The molecule has 4 heteroatoms. The van der Waals surface area contributed by atoms with Crippen LogP contribution in [-0.4, -0.2) is 17.8 Å². The summed E-state index contributed by atoms with van der Waals surface area (Å²) in [6.45, 7) is 1.51. The molecule has 1 aromatic heterocycles. The van der Waals surface area contributed by atoms with E-state index in [1.54, 1.807) is 30.5 Å². The first-order valence-corrected chi connectivity index (χ1v) is 5.82. The van der Waals surface area contributed by atoms with E-state index in [1.165, 1.54) is 6.92 Å². The maximum absolute atomic E-state index is 11.2. The van der Waals surface area contributed by atoms with Crippen molar-refractivity contribution in [1.82, 2.24) is 4.98 Å². The predicted molar refractivity (Wildman–Crippen MR) is 73.5 cm³/mol. The van der Waals surface area contributed by atoms with E-state index in [2.05, 4.69) is 11.1 Å². The minimum atomic E-state index is 0.0000705. The maximum atomic E-state index is 11.2. The van der Waals surface area contributed by atoms with Crippen LogP contribution in [0.15, 0.2) is 42.6 Å². The number of hydrogen-bond acceptors (Lipinski definition) is 4. The lowest BCUT2D eigenvalue weighted by molar-refractivity contribution is 0.101. The van der Waals surface area contributed by atoms with Crippen LogP contribution in [0.5, 0.6) is 0 Å². The van der Waals surface area contributed by atoms with Gasteiger partial charge in [0, 0.05) is 24.5 Å². The van der Waals surface area contributed by atoms with Gasteiger partial charge in [0.1, 0.15) is 5.82 Å². The molecule has 0 radical (unpaired) electrons. The van der Waals surface area contributed by atoms with Gasteiger partial charge in [-0.25, -0.2) is 4.98 Å². The van der Waals surface area contributed by atoms with Crippen molar-refractivity contribution in [3.63, 3.8) is 0 Å². The standard InChI is InChI=1S/C15H13N3O/c1-11(19)13-5-8-15(17-10-13)18(2)14-6-3-12(9-16)4-7-14/h3-8,10H,1-2H3. The van der Waals surface area contributed by atoms with E-state index in [0.29, 0.717) is 11.1 Å². The number of Topliss-reactive ketones (excluding diaryl/α,β-unsaturated/α-hetero) is 1. The van der Waals surface area contributed by atoms with E-state index in [0.717, 1.165) is 11.5 Å². The molecule has 0 aliphatic carbocycles. The number of ketones is 1. The zero-order valence-electron chi connectivity index (χ0n) is 10.8. The third-order valence-electron chi connectivity index (χ3n) is 2.88. The van der Waals surface area contributed by atoms with Gasteiger partial charge in [0.25, 0.3) is 0 Å². The second kappa shape index (κ2) is 5.32. The molecule has 0 aliphatic heterocycles. The SMILES string of the molecule is CC(=O)c1ccc(N(C)c2ccc(C#N)cc2)nc1. The molecule has 19 heavy (non-hydrogen) atoms. The van der Waals surface area contributed by atoms with Gasteiger partial charge in [-0.1, -0.05) is 0 Å². The normalized spacial score (nSPS) is 9.74. The molecule has 0 atom stereocenters. The topological polar surface area (TPSA) is 57.0 Å². The molecule has 0 saturated carbocycles. The number of pyridine rings is 1. The van der Waals surface area contributed by atoms with Gasteiger partial charge in [0.15, 0.2) is 5.78 Å². The first kappa shape index (κ1) is 12.8. The van der Waals surface area contributed by atoms with Crippen LogP contribution in [0.4, 0.5) is 11.5 Å². The molecule has 94 valence electrons. The molecule has 0 N–H and O–H groups in total. The average molecular weight is 251 g/mol. The number of benzene rings is 1. The Morgan fingerprint density at radius 1 is 1.21 bits per heavy atom. The Hall–Kier alpha value is -2.67. The van der Waals surface area contributed by atoms with E-state index in [4.69, 9.17) is 5.26 Å². The van der Waals surface area contributed by atoms with Crippen molar-refractivity contribution < 1.29 is 4.79 Å². The summed E-state index contributed by atoms with van der Waals surface area (Å²) in [5.74, 6) is 0.745. The van der Waals surface area contributed by atoms with Gasteiger partial charge in [-0.15, -0.1) is 0 Å². The summed E-state index contributed by atoms with van der Waals surface area (Å²) in [6, 6.07) is 12.9. The fourth-order valence-electron chi connectivity index (χ4n) is 1.68. The maximum Gasteiger partial charge on any atom is 0.161 e. The Kier molecular flexibility index (Phi) is 3.58. The Morgan fingerprint density at radius 3 is 2.37 bits per heavy atom. The van der Waals surface area contributed by atoms with Gasteiger partial charge < -0.3 is 4.90 Å². The molecule has 2 rings (SSSR count). The highest BCUT2D eigenvalue weighted by atomic mass is 16.1. The highest BCUT2D eigenvalue weighted by Crippen LogP contribution is 2.21. The van der Waals surface area contributed by atoms with Crippen molar-refractivity contribution in [2.75, 3.05) is 11.9 Å². The Balaban J connectivity index is 2.25. The van der Waals surface area contributed by atoms with E-state index in [9.17, 15) is 4.79 Å². The number of anilines is 2. The van der Waals surface area contributed by atoms with E-state index < -0.39 is 0 Å². The van der Waals surface area contributed by atoms with Crippen molar-refractivity contribution >= 4 is 17.3 Å². The largest absolute Gasteiger partial charge is 0.329 e. The summed E-state index contributed by atoms with van der Waals surface area (Å²) in [5, 5.41) is 8.76. The number of aromatic nitrogens is 1. The molecule has 0 fully saturated rings. The number of hydrogen-bond donors (Lipinski definition) is 0. The molecule has 2 aromatic rings. The first-order valence-electron chi connectivity index (χ1n) is 5.82. The zero-order valence-corrected chi connectivity index (χ0v) is 10.8. The predicted octanol–water partition coefficient (Wildman–Crippen LogP) is 2.92. The summed E-state index contributed by atoms with van der Waals surface area (Å²) in [5.41, 5.74) is 2.15. The molecule has 0 spiro atoms. The molecule has 0 amide bonds. The van der Waals surface area contributed by atoms with Crippen molar-refractivity contribution in [2.24, 2.45) is 0 Å². The van der Waals surface area contributed by atoms with Crippen LogP contribution in [0.25, 0.3) is 0 Å². The van der Waals surface area contributed by atoms with Crippen molar-refractivity contribution in [3.8, 4) is 6.07 Å². The monoisotopic (exact) mass is 251 g/mol. The van der Waals surface area contributed by atoms with Crippen LogP contribution < -0.4 is 4.90 Å². The lowest BCUT2D eigenvalue weighted by Crippen LogP contribution is -2.11. The van der Waals surface area contributed by atoms with Crippen LogP contribution >= 0.6 is 0 Å². The van der Waals surface area contributed by atoms with Crippen LogP contribution in [0, 0.1) is 11.3 Å². The second-order valence-corrected chi connectivity index (χ2v) is 4.18. The summed E-state index contributed by atoms with van der Waals surface area (Å²) in [6.07, 6.45) is 1.57. The molecule has 0 bridgehead atoms. The molecule has 1 aromatic carbocycles. The van der Waals surface area contributed by atoms with E-state index in [-0.39, 0.29) is 5.78 Å². The number of nitrogens with zero attached hydrogens (tertiary/aromatic N) is 3. The Morgan fingerprint density at radius 2 is 1.89 bits per heavy atom. The fraction of sp³-hybridized carbons (Fsp3) is 0.133.